The average Bonchev–Trinajstić information content (AvgIpc) is 2.41. The van der Waals surface area contributed by atoms with Crippen LogP contribution >= 0.6 is 11.6 Å². The average molecular weight is 269 g/mol. The topological polar surface area (TPSA) is 29.5 Å². The molecule has 0 spiro atoms. The Labute approximate surface area is 114 Å². The molecule has 3 heteroatoms. The van der Waals surface area contributed by atoms with Gasteiger partial charge in [0, 0.05) is 12.1 Å². The number of hydrogen-bond acceptors (Lipinski definition) is 2. The molecule has 0 aliphatic heterocycles. The number of rotatable bonds is 4. The molecule has 1 fully saturated rings. The highest BCUT2D eigenvalue weighted by Gasteiger charge is 2.30. The minimum atomic E-state index is -0.586. The molecule has 1 aromatic carbocycles. The van der Waals surface area contributed by atoms with Gasteiger partial charge in [0.15, 0.2) is 0 Å². The maximum atomic E-state index is 10.5. The van der Waals surface area contributed by atoms with Crippen LogP contribution in [0.5, 0.6) is 0 Å². The number of hydrogen-bond donors (Lipinski definition) is 1. The normalized spacial score (nSPS) is 20.6. The number of benzene rings is 1. The molecule has 1 aliphatic rings. The number of methoxy groups -OCH3 is 1. The lowest BCUT2D eigenvalue weighted by atomic mass is 9.82. The van der Waals surface area contributed by atoms with Crippen molar-refractivity contribution in [3.8, 4) is 0 Å². The van der Waals surface area contributed by atoms with Gasteiger partial charge in [-0.15, -0.1) is 0 Å². The summed E-state index contributed by atoms with van der Waals surface area (Å²) in [4.78, 5) is 0. The largest absolute Gasteiger partial charge is 0.386 e. The molecule has 0 heterocycles. The monoisotopic (exact) mass is 268 g/mol. The SMILES string of the molecule is COC(C1CCCCC1)C(O)c1cccc(Cl)c1. The van der Waals surface area contributed by atoms with E-state index < -0.39 is 6.10 Å². The van der Waals surface area contributed by atoms with E-state index in [4.69, 9.17) is 16.3 Å². The summed E-state index contributed by atoms with van der Waals surface area (Å²) in [6.45, 7) is 0. The Morgan fingerprint density at radius 3 is 2.61 bits per heavy atom. The van der Waals surface area contributed by atoms with Crippen LogP contribution in [0.3, 0.4) is 0 Å². The summed E-state index contributed by atoms with van der Waals surface area (Å²) >= 11 is 5.97. The molecule has 1 aliphatic carbocycles. The van der Waals surface area contributed by atoms with Crippen molar-refractivity contribution in [3.05, 3.63) is 34.9 Å². The second kappa shape index (κ2) is 6.55. The molecular formula is C15H21ClO2. The van der Waals surface area contributed by atoms with Crippen LogP contribution in [0, 0.1) is 5.92 Å². The quantitative estimate of drug-likeness (QED) is 0.895. The molecule has 0 bridgehead atoms. The zero-order chi connectivity index (χ0) is 13.0. The van der Waals surface area contributed by atoms with Gasteiger partial charge in [-0.25, -0.2) is 0 Å². The highest BCUT2D eigenvalue weighted by Crippen LogP contribution is 2.34. The molecule has 1 N–H and O–H groups in total. The van der Waals surface area contributed by atoms with Crippen LogP contribution in [0.15, 0.2) is 24.3 Å². The van der Waals surface area contributed by atoms with Crippen molar-refractivity contribution in [2.45, 2.75) is 44.3 Å². The summed E-state index contributed by atoms with van der Waals surface area (Å²) in [6.07, 6.45) is 5.38. The first-order valence-corrected chi connectivity index (χ1v) is 7.06. The third-order valence-corrected chi connectivity index (χ3v) is 4.12. The number of aliphatic hydroxyl groups excluding tert-OH is 1. The van der Waals surface area contributed by atoms with Crippen LogP contribution < -0.4 is 0 Å². The van der Waals surface area contributed by atoms with Gasteiger partial charge in [-0.2, -0.15) is 0 Å². The lowest BCUT2D eigenvalue weighted by Gasteiger charge is -2.32. The van der Waals surface area contributed by atoms with E-state index in [1.54, 1.807) is 7.11 Å². The van der Waals surface area contributed by atoms with E-state index in [1.165, 1.54) is 19.3 Å². The van der Waals surface area contributed by atoms with E-state index in [9.17, 15) is 5.11 Å². The fourth-order valence-electron chi connectivity index (χ4n) is 2.92. The fraction of sp³-hybridized carbons (Fsp3) is 0.600. The Hall–Kier alpha value is -0.570. The molecular weight excluding hydrogens is 248 g/mol. The van der Waals surface area contributed by atoms with Crippen molar-refractivity contribution in [2.24, 2.45) is 5.92 Å². The maximum absolute atomic E-state index is 10.5. The summed E-state index contributed by atoms with van der Waals surface area (Å²) < 4.78 is 5.55. The van der Waals surface area contributed by atoms with E-state index in [2.05, 4.69) is 0 Å². The van der Waals surface area contributed by atoms with Crippen LogP contribution in [0.25, 0.3) is 0 Å². The van der Waals surface area contributed by atoms with Gasteiger partial charge in [-0.05, 0) is 36.5 Å². The summed E-state index contributed by atoms with van der Waals surface area (Å²) in [5.41, 5.74) is 0.847. The molecule has 100 valence electrons. The molecule has 0 radical (unpaired) electrons. The highest BCUT2D eigenvalue weighted by molar-refractivity contribution is 6.30. The first-order valence-electron chi connectivity index (χ1n) is 6.68. The molecule has 2 unspecified atom stereocenters. The second-order valence-electron chi connectivity index (χ2n) is 5.10. The molecule has 2 atom stereocenters. The predicted octanol–water partition coefficient (Wildman–Crippen LogP) is 3.97. The van der Waals surface area contributed by atoms with Crippen LogP contribution in [-0.4, -0.2) is 18.3 Å². The van der Waals surface area contributed by atoms with E-state index >= 15 is 0 Å². The van der Waals surface area contributed by atoms with E-state index in [1.807, 2.05) is 24.3 Å². The number of halogens is 1. The molecule has 2 rings (SSSR count). The lowest BCUT2D eigenvalue weighted by molar-refractivity contribution is -0.0559. The summed E-state index contributed by atoms with van der Waals surface area (Å²) in [5, 5.41) is 11.1. The van der Waals surface area contributed by atoms with Crippen LogP contribution in [0.2, 0.25) is 5.02 Å². The standard InChI is InChI=1S/C15H21ClO2/c1-18-15(11-6-3-2-4-7-11)14(17)12-8-5-9-13(16)10-12/h5,8-11,14-15,17H,2-4,6-7H2,1H3. The van der Waals surface area contributed by atoms with Gasteiger partial charge in [0.2, 0.25) is 0 Å². The Morgan fingerprint density at radius 2 is 2.00 bits per heavy atom. The smallest absolute Gasteiger partial charge is 0.105 e. The Bertz CT molecular complexity index is 375. The first kappa shape index (κ1) is 13.9. The van der Waals surface area contributed by atoms with Crippen molar-refractivity contribution in [3.63, 3.8) is 0 Å². The molecule has 1 aromatic rings. The van der Waals surface area contributed by atoms with Gasteiger partial charge in [0.05, 0.1) is 6.10 Å². The van der Waals surface area contributed by atoms with Crippen LogP contribution in [-0.2, 0) is 4.74 Å². The first-order chi connectivity index (χ1) is 8.72. The maximum Gasteiger partial charge on any atom is 0.105 e. The minimum Gasteiger partial charge on any atom is -0.386 e. The Kier molecular flexibility index (Phi) is 5.04. The van der Waals surface area contributed by atoms with Gasteiger partial charge in [0.25, 0.3) is 0 Å². The van der Waals surface area contributed by atoms with Gasteiger partial charge in [-0.3, -0.25) is 0 Å². The van der Waals surface area contributed by atoms with Crippen molar-refractivity contribution < 1.29 is 9.84 Å². The molecule has 0 amide bonds. The number of ether oxygens (including phenoxy) is 1. The molecule has 2 nitrogen and oxygen atoms in total. The van der Waals surface area contributed by atoms with E-state index in [-0.39, 0.29) is 6.10 Å². The Morgan fingerprint density at radius 1 is 1.28 bits per heavy atom. The summed E-state index contributed by atoms with van der Waals surface area (Å²) in [5.74, 6) is 0.456. The van der Waals surface area contributed by atoms with E-state index in [0.717, 1.165) is 18.4 Å². The fourth-order valence-corrected chi connectivity index (χ4v) is 3.12. The number of aliphatic hydroxyl groups is 1. The van der Waals surface area contributed by atoms with Gasteiger partial charge < -0.3 is 9.84 Å². The highest BCUT2D eigenvalue weighted by atomic mass is 35.5. The summed E-state index contributed by atoms with van der Waals surface area (Å²) in [6, 6.07) is 7.42. The van der Waals surface area contributed by atoms with Crippen molar-refractivity contribution in [1.29, 1.82) is 0 Å². The second-order valence-corrected chi connectivity index (χ2v) is 5.53. The molecule has 18 heavy (non-hydrogen) atoms. The Balaban J connectivity index is 2.11. The van der Waals surface area contributed by atoms with Gasteiger partial charge in [-0.1, -0.05) is 43.0 Å². The van der Waals surface area contributed by atoms with Crippen molar-refractivity contribution in [1.82, 2.24) is 0 Å². The van der Waals surface area contributed by atoms with Crippen LogP contribution in [0.4, 0.5) is 0 Å². The third-order valence-electron chi connectivity index (χ3n) is 3.89. The summed E-state index contributed by atoms with van der Waals surface area (Å²) in [7, 11) is 1.69. The molecule has 0 aromatic heterocycles. The van der Waals surface area contributed by atoms with Gasteiger partial charge in [0.1, 0.15) is 6.10 Å². The van der Waals surface area contributed by atoms with Crippen molar-refractivity contribution in [2.75, 3.05) is 7.11 Å². The lowest BCUT2D eigenvalue weighted by Crippen LogP contribution is -2.31. The van der Waals surface area contributed by atoms with Gasteiger partial charge >= 0.3 is 0 Å². The molecule has 0 saturated heterocycles. The zero-order valence-corrected chi connectivity index (χ0v) is 11.6. The third kappa shape index (κ3) is 3.25. The zero-order valence-electron chi connectivity index (χ0n) is 10.8. The predicted molar refractivity (Wildman–Crippen MR) is 73.8 cm³/mol. The minimum absolute atomic E-state index is 0.122. The van der Waals surface area contributed by atoms with Crippen molar-refractivity contribution >= 4 is 11.6 Å². The molecule has 1 saturated carbocycles. The van der Waals surface area contributed by atoms with E-state index in [0.29, 0.717) is 10.9 Å². The van der Waals surface area contributed by atoms with Crippen LogP contribution in [0.1, 0.15) is 43.8 Å².